The van der Waals surface area contributed by atoms with E-state index in [2.05, 4.69) is 10.1 Å². The summed E-state index contributed by atoms with van der Waals surface area (Å²) in [4.78, 5) is 27.3. The Morgan fingerprint density at radius 1 is 1.24 bits per heavy atom. The monoisotopic (exact) mass is 422 g/mol. The minimum absolute atomic E-state index is 0.0467. The molecule has 0 aliphatic carbocycles. The second kappa shape index (κ2) is 9.13. The maximum absolute atomic E-state index is 12.6. The van der Waals surface area contributed by atoms with Crippen LogP contribution in [-0.2, 0) is 16.1 Å². The third-order valence-electron chi connectivity index (χ3n) is 4.36. The number of fused-ring (bicyclic) bond motifs is 1. The molecule has 0 fully saturated rings. The summed E-state index contributed by atoms with van der Waals surface area (Å²) < 4.78 is 34.3. The number of methoxy groups -OCH3 is 1. The summed E-state index contributed by atoms with van der Waals surface area (Å²) in [6, 6.07) is 11.9. The number of para-hydroxylation sites is 1. The van der Waals surface area contributed by atoms with E-state index in [4.69, 9.17) is 4.74 Å². The zero-order valence-corrected chi connectivity index (χ0v) is 16.7. The van der Waals surface area contributed by atoms with E-state index in [0.717, 1.165) is 10.6 Å². The van der Waals surface area contributed by atoms with Crippen molar-refractivity contribution in [3.8, 4) is 11.5 Å². The van der Waals surface area contributed by atoms with E-state index in [9.17, 15) is 18.4 Å². The molecule has 1 aliphatic rings. The minimum atomic E-state index is -2.96. The van der Waals surface area contributed by atoms with Gasteiger partial charge < -0.3 is 19.7 Å². The van der Waals surface area contributed by atoms with Crippen LogP contribution >= 0.6 is 11.8 Å². The van der Waals surface area contributed by atoms with Gasteiger partial charge >= 0.3 is 6.61 Å². The van der Waals surface area contributed by atoms with Crippen molar-refractivity contribution in [1.82, 2.24) is 4.90 Å². The van der Waals surface area contributed by atoms with Crippen molar-refractivity contribution in [2.75, 3.05) is 19.5 Å². The largest absolute Gasteiger partial charge is 0.493 e. The Balaban J connectivity index is 1.63. The van der Waals surface area contributed by atoms with Crippen LogP contribution in [-0.4, -0.2) is 42.7 Å². The lowest BCUT2D eigenvalue weighted by Crippen LogP contribution is -2.35. The lowest BCUT2D eigenvalue weighted by Gasteiger charge is -2.25. The predicted molar refractivity (Wildman–Crippen MR) is 105 cm³/mol. The van der Waals surface area contributed by atoms with E-state index in [0.29, 0.717) is 5.56 Å². The Morgan fingerprint density at radius 3 is 2.72 bits per heavy atom. The van der Waals surface area contributed by atoms with Gasteiger partial charge in [0.05, 0.1) is 18.0 Å². The minimum Gasteiger partial charge on any atom is -0.493 e. The van der Waals surface area contributed by atoms with Crippen LogP contribution in [0.1, 0.15) is 12.0 Å². The van der Waals surface area contributed by atoms with Gasteiger partial charge in [0.25, 0.3) is 0 Å². The molecule has 0 bridgehead atoms. The molecular formula is C20H20F2N2O4S. The molecule has 0 spiro atoms. The van der Waals surface area contributed by atoms with Gasteiger partial charge in [0.1, 0.15) is 0 Å². The fraction of sp³-hybridized carbons (Fsp3) is 0.300. The van der Waals surface area contributed by atoms with Crippen LogP contribution in [0.15, 0.2) is 47.4 Å². The molecule has 2 aromatic rings. The molecule has 0 radical (unpaired) electrons. The molecule has 0 aromatic heterocycles. The SMILES string of the molecule is COc1cc(CN(C)C(=O)C[C@H]2Sc3ccccc3NC2=O)ccc1OC(F)F. The van der Waals surface area contributed by atoms with Crippen molar-refractivity contribution in [2.45, 2.75) is 29.7 Å². The molecule has 2 amide bonds. The van der Waals surface area contributed by atoms with E-state index in [1.165, 1.54) is 29.8 Å². The van der Waals surface area contributed by atoms with Gasteiger partial charge in [-0.25, -0.2) is 0 Å². The molecule has 0 saturated heterocycles. The number of rotatable bonds is 7. The molecule has 154 valence electrons. The quantitative estimate of drug-likeness (QED) is 0.736. The molecule has 9 heteroatoms. The molecule has 0 saturated carbocycles. The van der Waals surface area contributed by atoms with Gasteiger partial charge in [0.2, 0.25) is 11.8 Å². The molecule has 6 nitrogen and oxygen atoms in total. The van der Waals surface area contributed by atoms with Crippen LogP contribution in [0.5, 0.6) is 11.5 Å². The number of amides is 2. The van der Waals surface area contributed by atoms with Crippen molar-refractivity contribution < 1.29 is 27.8 Å². The van der Waals surface area contributed by atoms with E-state index in [1.54, 1.807) is 19.2 Å². The molecule has 29 heavy (non-hydrogen) atoms. The summed E-state index contributed by atoms with van der Waals surface area (Å²) in [7, 11) is 2.97. The molecule has 1 atom stereocenters. The Hall–Kier alpha value is -2.81. The van der Waals surface area contributed by atoms with Crippen molar-refractivity contribution in [3.63, 3.8) is 0 Å². The zero-order chi connectivity index (χ0) is 21.0. The summed E-state index contributed by atoms with van der Waals surface area (Å²) in [5, 5.41) is 2.30. The number of halogens is 2. The number of anilines is 1. The van der Waals surface area contributed by atoms with E-state index in [-0.39, 0.29) is 36.3 Å². The first kappa shape index (κ1) is 20.9. The molecule has 0 unspecified atom stereocenters. The molecule has 1 aliphatic heterocycles. The lowest BCUT2D eigenvalue weighted by molar-refractivity contribution is -0.131. The maximum Gasteiger partial charge on any atom is 0.387 e. The Kier molecular flexibility index (Phi) is 6.58. The predicted octanol–water partition coefficient (Wildman–Crippen LogP) is 3.76. The van der Waals surface area contributed by atoms with Crippen LogP contribution in [0.3, 0.4) is 0 Å². The number of alkyl halides is 2. The number of hydrogen-bond donors (Lipinski definition) is 1. The van der Waals surface area contributed by atoms with Crippen molar-refractivity contribution in [1.29, 1.82) is 0 Å². The first-order valence-electron chi connectivity index (χ1n) is 8.79. The smallest absolute Gasteiger partial charge is 0.387 e. The maximum atomic E-state index is 12.6. The Labute approximate surface area is 171 Å². The number of hydrogen-bond acceptors (Lipinski definition) is 5. The topological polar surface area (TPSA) is 67.9 Å². The number of nitrogens with zero attached hydrogens (tertiary/aromatic N) is 1. The van der Waals surface area contributed by atoms with Gasteiger partial charge in [-0.3, -0.25) is 9.59 Å². The fourth-order valence-corrected chi connectivity index (χ4v) is 4.01. The van der Waals surface area contributed by atoms with Crippen LogP contribution in [0, 0.1) is 0 Å². The first-order chi connectivity index (χ1) is 13.9. The number of nitrogens with one attached hydrogen (secondary N) is 1. The molecule has 1 heterocycles. The normalized spacial score (nSPS) is 15.5. The van der Waals surface area contributed by atoms with E-state index >= 15 is 0 Å². The summed E-state index contributed by atoms with van der Waals surface area (Å²) in [6.45, 7) is -2.72. The highest BCUT2D eigenvalue weighted by molar-refractivity contribution is 8.01. The molecule has 1 N–H and O–H groups in total. The van der Waals surface area contributed by atoms with E-state index < -0.39 is 11.9 Å². The standard InChI is InChI=1S/C20H20F2N2O4S/c1-24(11-12-7-8-14(28-20(21)22)15(9-12)27-2)18(25)10-17-19(26)23-13-5-3-4-6-16(13)29-17/h3-9,17,20H,10-11H2,1-2H3,(H,23,26)/t17-/m1/s1. The summed E-state index contributed by atoms with van der Waals surface area (Å²) in [5.74, 6) is -0.328. The molecule has 2 aromatic carbocycles. The third-order valence-corrected chi connectivity index (χ3v) is 5.63. The first-order valence-corrected chi connectivity index (χ1v) is 9.67. The van der Waals surface area contributed by atoms with Gasteiger partial charge in [-0.2, -0.15) is 8.78 Å². The van der Waals surface area contributed by atoms with Crippen LogP contribution < -0.4 is 14.8 Å². The van der Waals surface area contributed by atoms with Crippen LogP contribution in [0.25, 0.3) is 0 Å². The number of carbonyl (C=O) groups excluding carboxylic acids is 2. The third kappa shape index (κ3) is 5.17. The fourth-order valence-electron chi connectivity index (χ4n) is 2.91. The van der Waals surface area contributed by atoms with Gasteiger partial charge in [-0.1, -0.05) is 18.2 Å². The highest BCUT2D eigenvalue weighted by Crippen LogP contribution is 2.37. The molecular weight excluding hydrogens is 402 g/mol. The summed E-state index contributed by atoms with van der Waals surface area (Å²) >= 11 is 1.36. The van der Waals surface area contributed by atoms with Crippen molar-refractivity contribution in [2.24, 2.45) is 0 Å². The van der Waals surface area contributed by atoms with Crippen molar-refractivity contribution >= 4 is 29.3 Å². The average molecular weight is 422 g/mol. The highest BCUT2D eigenvalue weighted by atomic mass is 32.2. The average Bonchev–Trinajstić information content (AvgIpc) is 2.69. The second-order valence-electron chi connectivity index (χ2n) is 6.41. The summed E-state index contributed by atoms with van der Waals surface area (Å²) in [5.41, 5.74) is 1.43. The van der Waals surface area contributed by atoms with Gasteiger partial charge in [-0.15, -0.1) is 11.8 Å². The highest BCUT2D eigenvalue weighted by Gasteiger charge is 2.29. The number of ether oxygens (including phenoxy) is 2. The summed E-state index contributed by atoms with van der Waals surface area (Å²) in [6.07, 6.45) is 0.0467. The van der Waals surface area contributed by atoms with Crippen LogP contribution in [0.2, 0.25) is 0 Å². The zero-order valence-electron chi connectivity index (χ0n) is 15.9. The Morgan fingerprint density at radius 2 is 2.00 bits per heavy atom. The second-order valence-corrected chi connectivity index (χ2v) is 7.65. The molecule has 3 rings (SSSR count). The van der Waals surface area contributed by atoms with Gasteiger partial charge in [-0.05, 0) is 29.8 Å². The van der Waals surface area contributed by atoms with Crippen LogP contribution in [0.4, 0.5) is 14.5 Å². The number of carbonyl (C=O) groups is 2. The lowest BCUT2D eigenvalue weighted by atomic mass is 10.1. The van der Waals surface area contributed by atoms with E-state index in [1.807, 2.05) is 24.3 Å². The van der Waals surface area contributed by atoms with Crippen molar-refractivity contribution in [3.05, 3.63) is 48.0 Å². The van der Waals surface area contributed by atoms with Gasteiger partial charge in [0.15, 0.2) is 11.5 Å². The number of thioether (sulfide) groups is 1. The number of benzene rings is 2. The Bertz CT molecular complexity index is 910. The van der Waals surface area contributed by atoms with Gasteiger partial charge in [0, 0.05) is 24.9 Å².